The maximum atomic E-state index is 12.3. The highest BCUT2D eigenvalue weighted by atomic mass is 16.5. The molecule has 0 heterocycles. The van der Waals surface area contributed by atoms with E-state index in [1.165, 1.54) is 0 Å². The van der Waals surface area contributed by atoms with Crippen LogP contribution in [0.4, 0.5) is 4.79 Å². The molecule has 0 spiro atoms. The summed E-state index contributed by atoms with van der Waals surface area (Å²) in [4.78, 5) is 35.2. The summed E-state index contributed by atoms with van der Waals surface area (Å²) in [6.45, 7) is 1.86. The van der Waals surface area contributed by atoms with E-state index in [-0.39, 0.29) is 25.5 Å². The van der Waals surface area contributed by atoms with Crippen molar-refractivity contribution in [1.82, 2.24) is 10.6 Å². The molecule has 2 aromatic carbocycles. The highest BCUT2D eigenvalue weighted by Crippen LogP contribution is 2.44. The number of alkyl carbamates (subject to hydrolysis) is 1. The predicted octanol–water partition coefficient (Wildman–Crippen LogP) is 2.26. The lowest BCUT2D eigenvalue weighted by Gasteiger charge is -2.19. The zero-order chi connectivity index (χ0) is 22.4. The average Bonchev–Trinajstić information content (AvgIpc) is 3.09. The molecule has 0 radical (unpaired) electrons. The quantitative estimate of drug-likeness (QED) is 0.487. The first kappa shape index (κ1) is 22.3. The number of nitrogens with one attached hydrogen (secondary N) is 2. The fourth-order valence-corrected chi connectivity index (χ4v) is 3.71. The number of carboxylic acids is 1. The second kappa shape index (κ2) is 10.1. The molecule has 8 nitrogen and oxygen atoms in total. The molecule has 0 aromatic heterocycles. The fraction of sp³-hybridized carbons (Fsp3) is 0.348. The van der Waals surface area contributed by atoms with Gasteiger partial charge in [-0.05, 0) is 28.7 Å². The van der Waals surface area contributed by atoms with E-state index in [1.54, 1.807) is 6.92 Å². The van der Waals surface area contributed by atoms with Gasteiger partial charge in [-0.1, -0.05) is 55.5 Å². The molecule has 1 aliphatic carbocycles. The van der Waals surface area contributed by atoms with E-state index < -0.39 is 30.1 Å². The van der Waals surface area contributed by atoms with Crippen molar-refractivity contribution in [2.45, 2.75) is 37.8 Å². The van der Waals surface area contributed by atoms with E-state index >= 15 is 0 Å². The number of amides is 2. The lowest BCUT2D eigenvalue weighted by molar-refractivity contribution is -0.147. The standard InChI is InChI=1S/C23H26N2O6/c1-2-19(21(27)24-12-11-20(26)22(28)29)25-23(30)31-13-18-16-9-5-3-7-14(16)15-8-4-6-10-17(15)18/h3-10,18-20,26H,2,11-13H2,1H3,(H,24,27)(H,25,30)(H,28,29)/t19-,20-/m0/s1. The zero-order valence-electron chi connectivity index (χ0n) is 17.2. The Bertz CT molecular complexity index is 915. The van der Waals surface area contributed by atoms with Gasteiger partial charge in [0, 0.05) is 18.9 Å². The molecule has 0 saturated carbocycles. The Hall–Kier alpha value is -3.39. The minimum absolute atomic E-state index is 0.0187. The molecule has 0 fully saturated rings. The van der Waals surface area contributed by atoms with Crippen molar-refractivity contribution in [2.75, 3.05) is 13.2 Å². The molecule has 31 heavy (non-hydrogen) atoms. The molecule has 2 aromatic rings. The number of aliphatic hydroxyl groups excluding tert-OH is 1. The summed E-state index contributed by atoms with van der Waals surface area (Å²) in [5.41, 5.74) is 4.44. The van der Waals surface area contributed by atoms with Crippen molar-refractivity contribution in [2.24, 2.45) is 0 Å². The Morgan fingerprint density at radius 2 is 1.61 bits per heavy atom. The van der Waals surface area contributed by atoms with Gasteiger partial charge in [-0.25, -0.2) is 9.59 Å². The first-order valence-corrected chi connectivity index (χ1v) is 10.2. The Balaban J connectivity index is 1.54. The van der Waals surface area contributed by atoms with E-state index in [0.29, 0.717) is 6.42 Å². The first-order chi connectivity index (χ1) is 14.9. The number of ether oxygens (including phenoxy) is 1. The minimum Gasteiger partial charge on any atom is -0.479 e. The molecular formula is C23H26N2O6. The third kappa shape index (κ3) is 5.21. The van der Waals surface area contributed by atoms with Gasteiger partial charge in [0.05, 0.1) is 0 Å². The van der Waals surface area contributed by atoms with Gasteiger partial charge in [-0.3, -0.25) is 4.79 Å². The lowest BCUT2D eigenvalue weighted by Crippen LogP contribution is -2.47. The van der Waals surface area contributed by atoms with Gasteiger partial charge in [0.2, 0.25) is 5.91 Å². The molecule has 2 amide bonds. The van der Waals surface area contributed by atoms with E-state index in [4.69, 9.17) is 9.84 Å². The average molecular weight is 426 g/mol. The summed E-state index contributed by atoms with van der Waals surface area (Å²) in [5, 5.41) is 23.0. The van der Waals surface area contributed by atoms with Crippen molar-refractivity contribution >= 4 is 18.0 Å². The third-order valence-corrected chi connectivity index (χ3v) is 5.36. The number of carboxylic acid groups (broad SMARTS) is 1. The van der Waals surface area contributed by atoms with Crippen LogP contribution in [0.5, 0.6) is 0 Å². The fourth-order valence-electron chi connectivity index (χ4n) is 3.71. The highest BCUT2D eigenvalue weighted by molar-refractivity contribution is 5.85. The van der Waals surface area contributed by atoms with Crippen molar-refractivity contribution in [3.05, 3.63) is 59.7 Å². The maximum Gasteiger partial charge on any atom is 0.407 e. The topological polar surface area (TPSA) is 125 Å². The van der Waals surface area contributed by atoms with E-state index in [2.05, 4.69) is 10.6 Å². The van der Waals surface area contributed by atoms with Crippen LogP contribution in [0.1, 0.15) is 36.8 Å². The molecule has 164 valence electrons. The summed E-state index contributed by atoms with van der Waals surface area (Å²) >= 11 is 0. The first-order valence-electron chi connectivity index (χ1n) is 10.2. The normalized spacial score (nSPS) is 14.1. The molecule has 0 aliphatic heterocycles. The Labute approximate surface area is 180 Å². The SMILES string of the molecule is CC[C@H](NC(=O)OCC1c2ccccc2-c2ccccc21)C(=O)NCC[C@H](O)C(=O)O. The molecular weight excluding hydrogens is 400 g/mol. The van der Waals surface area contributed by atoms with Crippen LogP contribution in [0.2, 0.25) is 0 Å². The number of carbonyl (C=O) groups excluding carboxylic acids is 2. The number of aliphatic carboxylic acids is 1. The molecule has 1 aliphatic rings. The van der Waals surface area contributed by atoms with Crippen LogP contribution in [0.15, 0.2) is 48.5 Å². The smallest absolute Gasteiger partial charge is 0.407 e. The van der Waals surface area contributed by atoms with Gasteiger partial charge in [0.15, 0.2) is 6.10 Å². The highest BCUT2D eigenvalue weighted by Gasteiger charge is 2.29. The number of benzene rings is 2. The van der Waals surface area contributed by atoms with E-state index in [1.807, 2.05) is 48.5 Å². The van der Waals surface area contributed by atoms with Crippen LogP contribution < -0.4 is 10.6 Å². The molecule has 0 bridgehead atoms. The van der Waals surface area contributed by atoms with Gasteiger partial charge in [0.1, 0.15) is 12.6 Å². The van der Waals surface area contributed by atoms with Crippen LogP contribution in [-0.4, -0.2) is 53.5 Å². The van der Waals surface area contributed by atoms with Crippen molar-refractivity contribution in [3.63, 3.8) is 0 Å². The number of fused-ring (bicyclic) bond motifs is 3. The second-order valence-electron chi connectivity index (χ2n) is 7.36. The Kier molecular flexibility index (Phi) is 7.25. The Morgan fingerprint density at radius 1 is 1.03 bits per heavy atom. The zero-order valence-corrected chi connectivity index (χ0v) is 17.2. The number of hydrogen-bond acceptors (Lipinski definition) is 5. The van der Waals surface area contributed by atoms with E-state index in [0.717, 1.165) is 22.3 Å². The largest absolute Gasteiger partial charge is 0.479 e. The monoisotopic (exact) mass is 426 g/mol. The van der Waals surface area contributed by atoms with Gasteiger partial charge in [-0.2, -0.15) is 0 Å². The molecule has 4 N–H and O–H groups in total. The van der Waals surface area contributed by atoms with Crippen LogP contribution in [0, 0.1) is 0 Å². The summed E-state index contributed by atoms with van der Waals surface area (Å²) < 4.78 is 5.45. The molecule has 2 atom stereocenters. The molecule has 8 heteroatoms. The summed E-state index contributed by atoms with van der Waals surface area (Å²) in [7, 11) is 0. The third-order valence-electron chi connectivity index (χ3n) is 5.36. The van der Waals surface area contributed by atoms with Crippen molar-refractivity contribution in [1.29, 1.82) is 0 Å². The molecule has 0 saturated heterocycles. The second-order valence-corrected chi connectivity index (χ2v) is 7.36. The number of rotatable bonds is 9. The van der Waals surface area contributed by atoms with Gasteiger partial charge in [0.25, 0.3) is 0 Å². The van der Waals surface area contributed by atoms with Crippen LogP contribution in [0.3, 0.4) is 0 Å². The lowest BCUT2D eigenvalue weighted by atomic mass is 9.98. The summed E-state index contributed by atoms with van der Waals surface area (Å²) in [5.74, 6) is -1.89. The minimum atomic E-state index is -1.55. The maximum absolute atomic E-state index is 12.3. The number of carbonyl (C=O) groups is 3. The van der Waals surface area contributed by atoms with E-state index in [9.17, 15) is 19.5 Å². The van der Waals surface area contributed by atoms with Crippen molar-refractivity contribution < 1.29 is 29.3 Å². The number of aliphatic hydroxyl groups is 1. The van der Waals surface area contributed by atoms with Crippen LogP contribution >= 0.6 is 0 Å². The van der Waals surface area contributed by atoms with Gasteiger partial charge >= 0.3 is 12.1 Å². The molecule has 3 rings (SSSR count). The van der Waals surface area contributed by atoms with Crippen LogP contribution in [0.25, 0.3) is 11.1 Å². The van der Waals surface area contributed by atoms with Crippen LogP contribution in [-0.2, 0) is 14.3 Å². The summed E-state index contributed by atoms with van der Waals surface area (Å²) in [6.07, 6.45) is -2.04. The van der Waals surface area contributed by atoms with Crippen molar-refractivity contribution in [3.8, 4) is 11.1 Å². The Morgan fingerprint density at radius 3 is 2.16 bits per heavy atom. The molecule has 0 unspecified atom stereocenters. The number of hydrogen-bond donors (Lipinski definition) is 4. The predicted molar refractivity (Wildman–Crippen MR) is 114 cm³/mol. The van der Waals surface area contributed by atoms with Gasteiger partial charge in [-0.15, -0.1) is 0 Å². The van der Waals surface area contributed by atoms with Gasteiger partial charge < -0.3 is 25.6 Å². The summed E-state index contributed by atoms with van der Waals surface area (Å²) in [6, 6.07) is 15.2.